The molecule has 0 spiro atoms. The van der Waals surface area contributed by atoms with Gasteiger partial charge in [0.05, 0.1) is 0 Å². The van der Waals surface area contributed by atoms with Crippen molar-refractivity contribution in [2.75, 3.05) is 0 Å². The van der Waals surface area contributed by atoms with E-state index >= 15 is 0 Å². The summed E-state index contributed by atoms with van der Waals surface area (Å²) in [4.78, 5) is 15.1. The molecule has 2 nitrogen and oxygen atoms in total. The summed E-state index contributed by atoms with van der Waals surface area (Å²) in [6.07, 6.45) is 6.04. The molecule has 2 fully saturated rings. The summed E-state index contributed by atoms with van der Waals surface area (Å²) in [5.41, 5.74) is 1.41. The number of carbonyl (C=O) groups is 1. The Balaban J connectivity index is 1.71. The van der Waals surface area contributed by atoms with Gasteiger partial charge in [-0.1, -0.05) is 50.6 Å². The van der Waals surface area contributed by atoms with Gasteiger partial charge < -0.3 is 0 Å². The Morgan fingerprint density at radius 2 is 1.76 bits per heavy atom. The fourth-order valence-electron chi connectivity index (χ4n) is 4.23. The van der Waals surface area contributed by atoms with Crippen molar-refractivity contribution in [1.82, 2.24) is 4.90 Å². The number of fused-ring (bicyclic) bond motifs is 2. The summed E-state index contributed by atoms with van der Waals surface area (Å²) >= 11 is 0. The Kier molecular flexibility index (Phi) is 4.44. The van der Waals surface area contributed by atoms with Crippen LogP contribution in [0.15, 0.2) is 30.3 Å². The minimum Gasteiger partial charge on any atom is -0.299 e. The van der Waals surface area contributed by atoms with Gasteiger partial charge >= 0.3 is 0 Å². The number of ketones is 1. The number of Topliss-reactive ketones (excluding diaryl/α,β-unsaturated/α-hetero) is 1. The van der Waals surface area contributed by atoms with E-state index in [1.807, 2.05) is 0 Å². The topological polar surface area (TPSA) is 20.3 Å². The lowest BCUT2D eigenvalue weighted by Crippen LogP contribution is -2.52. The van der Waals surface area contributed by atoms with Crippen LogP contribution in [0.2, 0.25) is 0 Å². The highest BCUT2D eigenvalue weighted by atomic mass is 16.1. The minimum absolute atomic E-state index is 0.191. The number of rotatable bonds is 4. The summed E-state index contributed by atoms with van der Waals surface area (Å²) in [7, 11) is 0. The average Bonchev–Trinajstić information content (AvgIpc) is 2.47. The zero-order chi connectivity index (χ0) is 14.8. The van der Waals surface area contributed by atoms with Gasteiger partial charge in [0.2, 0.25) is 0 Å². The first-order valence-corrected chi connectivity index (χ1v) is 8.48. The molecule has 0 aliphatic carbocycles. The summed E-state index contributed by atoms with van der Waals surface area (Å²) < 4.78 is 0. The van der Waals surface area contributed by atoms with Crippen LogP contribution >= 0.6 is 0 Å². The lowest BCUT2D eigenvalue weighted by Gasteiger charge is -2.49. The SMILES string of the molecule is CC(C)C(=O)C1CC2CCCC(C1)N2Cc1ccccc1. The second kappa shape index (κ2) is 6.31. The standard InChI is InChI=1S/C19H27NO/c1-14(2)19(21)16-11-17-9-6-10-18(12-16)20(17)13-15-7-4-3-5-8-15/h3-5,7-8,14,16-18H,6,9-13H2,1-2H3. The number of benzene rings is 1. The van der Waals surface area contributed by atoms with Crippen LogP contribution in [-0.4, -0.2) is 22.8 Å². The first-order chi connectivity index (χ1) is 10.1. The van der Waals surface area contributed by atoms with Crippen molar-refractivity contribution in [1.29, 1.82) is 0 Å². The molecule has 0 N–H and O–H groups in total. The number of carbonyl (C=O) groups excluding carboxylic acids is 1. The Hall–Kier alpha value is -1.15. The highest BCUT2D eigenvalue weighted by Crippen LogP contribution is 2.39. The first-order valence-electron chi connectivity index (χ1n) is 8.48. The molecule has 0 radical (unpaired) electrons. The van der Waals surface area contributed by atoms with Gasteiger partial charge in [0.25, 0.3) is 0 Å². The second-order valence-electron chi connectivity index (χ2n) is 7.12. The van der Waals surface area contributed by atoms with E-state index in [1.54, 1.807) is 0 Å². The normalized spacial score (nSPS) is 29.6. The van der Waals surface area contributed by atoms with Crippen LogP contribution in [0.25, 0.3) is 0 Å². The Morgan fingerprint density at radius 1 is 1.14 bits per heavy atom. The second-order valence-corrected chi connectivity index (χ2v) is 7.12. The highest BCUT2D eigenvalue weighted by Gasteiger charge is 2.40. The van der Waals surface area contributed by atoms with E-state index in [0.717, 1.165) is 19.4 Å². The molecule has 2 heteroatoms. The molecule has 2 saturated heterocycles. The zero-order valence-electron chi connectivity index (χ0n) is 13.3. The van der Waals surface area contributed by atoms with Crippen molar-refractivity contribution < 1.29 is 4.79 Å². The van der Waals surface area contributed by atoms with Crippen LogP contribution in [0.5, 0.6) is 0 Å². The molecule has 21 heavy (non-hydrogen) atoms. The molecule has 1 aromatic rings. The van der Waals surface area contributed by atoms with Gasteiger partial charge in [-0.05, 0) is 31.2 Å². The van der Waals surface area contributed by atoms with Crippen LogP contribution in [0.1, 0.15) is 51.5 Å². The fraction of sp³-hybridized carbons (Fsp3) is 0.632. The van der Waals surface area contributed by atoms with E-state index < -0.39 is 0 Å². The lowest BCUT2D eigenvalue weighted by atomic mass is 9.75. The summed E-state index contributed by atoms with van der Waals surface area (Å²) in [6.45, 7) is 5.15. The van der Waals surface area contributed by atoms with Gasteiger partial charge in [-0.25, -0.2) is 0 Å². The fourth-order valence-corrected chi connectivity index (χ4v) is 4.23. The highest BCUT2D eigenvalue weighted by molar-refractivity contribution is 5.83. The molecule has 2 heterocycles. The summed E-state index contributed by atoms with van der Waals surface area (Å²) in [6, 6.07) is 12.0. The molecular formula is C19H27NO. The predicted molar refractivity (Wildman–Crippen MR) is 86.0 cm³/mol. The Bertz CT molecular complexity index is 468. The smallest absolute Gasteiger partial charge is 0.138 e. The molecular weight excluding hydrogens is 258 g/mol. The molecule has 0 aromatic heterocycles. The maximum absolute atomic E-state index is 12.4. The predicted octanol–water partition coefficient (Wildman–Crippen LogP) is 4.04. The maximum atomic E-state index is 12.4. The molecule has 2 bridgehead atoms. The van der Waals surface area contributed by atoms with E-state index in [9.17, 15) is 4.79 Å². The number of nitrogens with zero attached hydrogens (tertiary/aromatic N) is 1. The Morgan fingerprint density at radius 3 is 2.33 bits per heavy atom. The molecule has 3 rings (SSSR count). The number of hydrogen-bond donors (Lipinski definition) is 0. The van der Waals surface area contributed by atoms with Gasteiger partial charge in [-0.2, -0.15) is 0 Å². The van der Waals surface area contributed by atoms with E-state index in [-0.39, 0.29) is 5.92 Å². The van der Waals surface area contributed by atoms with Gasteiger partial charge in [0, 0.05) is 30.5 Å². The van der Waals surface area contributed by atoms with E-state index in [2.05, 4.69) is 49.1 Å². The minimum atomic E-state index is 0.191. The largest absolute Gasteiger partial charge is 0.299 e. The third-order valence-corrected chi connectivity index (χ3v) is 5.31. The maximum Gasteiger partial charge on any atom is 0.138 e. The van der Waals surface area contributed by atoms with Gasteiger partial charge in [-0.3, -0.25) is 9.69 Å². The quantitative estimate of drug-likeness (QED) is 0.832. The van der Waals surface area contributed by atoms with Crippen LogP contribution in [-0.2, 0) is 11.3 Å². The lowest BCUT2D eigenvalue weighted by molar-refractivity contribution is -0.130. The van der Waals surface area contributed by atoms with Gasteiger partial charge in [0.1, 0.15) is 5.78 Å². The zero-order valence-corrected chi connectivity index (χ0v) is 13.3. The average molecular weight is 285 g/mol. The van der Waals surface area contributed by atoms with Gasteiger partial charge in [0.15, 0.2) is 0 Å². The molecule has 1 aromatic carbocycles. The molecule has 114 valence electrons. The van der Waals surface area contributed by atoms with Gasteiger partial charge in [-0.15, -0.1) is 0 Å². The molecule has 2 aliphatic rings. The van der Waals surface area contributed by atoms with Crippen molar-refractivity contribution in [2.24, 2.45) is 11.8 Å². The molecule has 2 unspecified atom stereocenters. The van der Waals surface area contributed by atoms with Crippen molar-refractivity contribution in [3.05, 3.63) is 35.9 Å². The van der Waals surface area contributed by atoms with E-state index in [4.69, 9.17) is 0 Å². The molecule has 2 atom stereocenters. The van der Waals surface area contributed by atoms with E-state index in [0.29, 0.717) is 23.8 Å². The van der Waals surface area contributed by atoms with Crippen LogP contribution in [0.3, 0.4) is 0 Å². The monoisotopic (exact) mass is 285 g/mol. The molecule has 0 amide bonds. The van der Waals surface area contributed by atoms with Crippen LogP contribution in [0.4, 0.5) is 0 Å². The number of hydrogen-bond acceptors (Lipinski definition) is 2. The van der Waals surface area contributed by atoms with Crippen LogP contribution < -0.4 is 0 Å². The number of piperidine rings is 2. The first kappa shape index (κ1) is 14.8. The van der Waals surface area contributed by atoms with Crippen molar-refractivity contribution in [2.45, 2.75) is 64.6 Å². The molecule has 0 saturated carbocycles. The van der Waals surface area contributed by atoms with Crippen molar-refractivity contribution in [3.63, 3.8) is 0 Å². The third kappa shape index (κ3) is 3.21. The summed E-state index contributed by atoms with van der Waals surface area (Å²) in [5, 5.41) is 0. The van der Waals surface area contributed by atoms with Crippen molar-refractivity contribution in [3.8, 4) is 0 Å². The third-order valence-electron chi connectivity index (χ3n) is 5.31. The van der Waals surface area contributed by atoms with Crippen molar-refractivity contribution >= 4 is 5.78 Å². The van der Waals surface area contributed by atoms with Crippen LogP contribution in [0, 0.1) is 11.8 Å². The summed E-state index contributed by atoms with van der Waals surface area (Å²) in [5.74, 6) is 0.995. The Labute approximate surface area is 128 Å². The molecule has 2 aliphatic heterocycles. The van der Waals surface area contributed by atoms with E-state index in [1.165, 1.54) is 24.8 Å².